The lowest BCUT2D eigenvalue weighted by molar-refractivity contribution is 1.15. The van der Waals surface area contributed by atoms with Crippen LogP contribution in [0.1, 0.15) is 0 Å². The van der Waals surface area contributed by atoms with Crippen LogP contribution >= 0.6 is 0 Å². The molecule has 0 atom stereocenters. The molecule has 0 amide bonds. The highest BCUT2D eigenvalue weighted by molar-refractivity contribution is 7.00. The van der Waals surface area contributed by atoms with Crippen LogP contribution in [0.3, 0.4) is 0 Å². The first-order valence-electron chi connectivity index (χ1n) is 30.7. The topological polar surface area (TPSA) is 14.7 Å². The first kappa shape index (κ1) is 51.7. The van der Waals surface area contributed by atoms with Crippen molar-refractivity contribution in [2.45, 2.75) is 0 Å². The smallest absolute Gasteiger partial charge is 0.252 e. The van der Waals surface area contributed by atoms with Gasteiger partial charge in [0, 0.05) is 50.6 Å². The Hall–Kier alpha value is -11.7. The van der Waals surface area contributed by atoms with Crippen LogP contribution < -0.4 is 31.1 Å². The molecule has 17 rings (SSSR count). The molecule has 0 saturated carbocycles. The maximum Gasteiger partial charge on any atom is 0.252 e. The average Bonchev–Trinajstić information content (AvgIpc) is 1.14. The largest absolute Gasteiger partial charge is 0.311 e. The van der Waals surface area contributed by atoms with Crippen LogP contribution in [0.4, 0.5) is 51.2 Å². The summed E-state index contributed by atoms with van der Waals surface area (Å²) >= 11 is 0. The molecule has 0 spiro atoms. The molecule has 4 nitrogen and oxygen atoms in total. The molecule has 89 heavy (non-hydrogen) atoms. The Morgan fingerprint density at radius 1 is 0.225 bits per heavy atom. The van der Waals surface area contributed by atoms with Crippen molar-refractivity contribution in [3.8, 4) is 61.3 Å². The van der Waals surface area contributed by atoms with Crippen molar-refractivity contribution in [2.24, 2.45) is 0 Å². The highest BCUT2D eigenvalue weighted by Crippen LogP contribution is 2.51. The Morgan fingerprint density at radius 2 is 0.562 bits per heavy atom. The fraction of sp³-hybridized carbons (Fsp3) is 0. The highest BCUT2D eigenvalue weighted by Gasteiger charge is 2.45. The third kappa shape index (κ3) is 8.93. The monoisotopic (exact) mass is 1130 g/mol. The number of fused-ring (bicyclic) bond motifs is 7. The molecule has 1 aromatic heterocycles. The molecule has 2 aliphatic heterocycles. The van der Waals surface area contributed by atoms with Gasteiger partial charge in [0.1, 0.15) is 0 Å². The molecule has 0 radical (unpaired) electrons. The van der Waals surface area contributed by atoms with E-state index in [9.17, 15) is 0 Å². The lowest BCUT2D eigenvalue weighted by Crippen LogP contribution is -2.61. The number of anilines is 9. The molecule has 0 bridgehead atoms. The third-order valence-corrected chi connectivity index (χ3v) is 18.2. The van der Waals surface area contributed by atoms with Crippen molar-refractivity contribution in [1.29, 1.82) is 0 Å². The van der Waals surface area contributed by atoms with Crippen LogP contribution in [0, 0.1) is 0 Å². The van der Waals surface area contributed by atoms with Gasteiger partial charge in [0.05, 0.1) is 28.1 Å². The van der Waals surface area contributed by atoms with E-state index in [4.69, 9.17) is 0 Å². The fourth-order valence-electron chi connectivity index (χ4n) is 14.1. The molecular formula is C84H57BN4. The summed E-state index contributed by atoms with van der Waals surface area (Å²) in [5, 5.41) is 2.44. The predicted octanol–water partition coefficient (Wildman–Crippen LogP) is 20.7. The standard InChI is InChI=1S/C84H57BN4/c1-6-22-58(23-7-1)63-38-46-68(47-39-63)86(69-48-40-64(41-49-69)59-24-8-2-9-25-59)71-56-82-84-83(57-71)89(81-37-21-20-36-80(81)88-76-34-18-16-32-72(76)73-33-17-19-35-77(73)88)79-53-45-67(62-30-14-5-15-31-62)55-75(79)85(84)74-54-66(61-28-12-4-13-29-61)44-52-78(74)87(82)70-50-42-65(43-51-70)60-26-10-3-11-27-60/h1-57H. The van der Waals surface area contributed by atoms with E-state index in [1.54, 1.807) is 0 Å². The SMILES string of the molecule is c1ccc(-c2ccc(N(c3ccc(-c4ccccc4)cc3)c3cc4c5c(c3)N(c3ccccc3-n3c6ccccc6c6ccccc63)c3ccc(-c6ccccc6)cc3B5c3cc(-c5ccccc5)ccc3N4c3ccc(-c4ccccc4)cc3)cc2)cc1. The maximum atomic E-state index is 2.60. The zero-order chi connectivity index (χ0) is 58.8. The molecule has 15 aromatic rings. The summed E-state index contributed by atoms with van der Waals surface area (Å²) in [5.74, 6) is 0. The number of hydrogen-bond acceptors (Lipinski definition) is 3. The zero-order valence-electron chi connectivity index (χ0n) is 48.8. The van der Waals surface area contributed by atoms with Crippen LogP contribution in [0.25, 0.3) is 83.1 Å². The normalized spacial score (nSPS) is 12.2. The van der Waals surface area contributed by atoms with Gasteiger partial charge >= 0.3 is 0 Å². The molecule has 14 aromatic carbocycles. The summed E-state index contributed by atoms with van der Waals surface area (Å²) in [5.41, 5.74) is 28.6. The van der Waals surface area contributed by atoms with Crippen molar-refractivity contribution < 1.29 is 0 Å². The van der Waals surface area contributed by atoms with E-state index in [1.165, 1.54) is 71.7 Å². The number of benzene rings is 14. The van der Waals surface area contributed by atoms with Gasteiger partial charge in [-0.15, -0.1) is 0 Å². The van der Waals surface area contributed by atoms with Gasteiger partial charge in [-0.2, -0.15) is 0 Å². The average molecular weight is 1130 g/mol. The molecule has 2 aliphatic rings. The number of para-hydroxylation sites is 4. The van der Waals surface area contributed by atoms with Gasteiger partial charge in [-0.05, 0) is 157 Å². The van der Waals surface area contributed by atoms with Gasteiger partial charge in [0.25, 0.3) is 6.71 Å². The van der Waals surface area contributed by atoms with Gasteiger partial charge < -0.3 is 19.3 Å². The van der Waals surface area contributed by atoms with Crippen LogP contribution in [0.5, 0.6) is 0 Å². The first-order chi connectivity index (χ1) is 44.2. The van der Waals surface area contributed by atoms with Crippen LogP contribution in [-0.2, 0) is 0 Å². The van der Waals surface area contributed by atoms with Crippen LogP contribution in [0.2, 0.25) is 0 Å². The van der Waals surface area contributed by atoms with Crippen molar-refractivity contribution in [2.75, 3.05) is 14.7 Å². The molecule has 3 heterocycles. The minimum atomic E-state index is -0.188. The quantitative estimate of drug-likeness (QED) is 0.120. The number of aromatic nitrogens is 1. The maximum absolute atomic E-state index is 2.60. The summed E-state index contributed by atoms with van der Waals surface area (Å²) in [4.78, 5) is 7.61. The number of hydrogen-bond donors (Lipinski definition) is 0. The molecule has 0 fully saturated rings. The van der Waals surface area contributed by atoms with E-state index in [-0.39, 0.29) is 6.71 Å². The van der Waals surface area contributed by atoms with E-state index in [0.717, 1.165) is 79.0 Å². The highest BCUT2D eigenvalue weighted by atomic mass is 15.2. The molecule has 5 heteroatoms. The minimum Gasteiger partial charge on any atom is -0.311 e. The lowest BCUT2D eigenvalue weighted by atomic mass is 9.33. The van der Waals surface area contributed by atoms with Crippen molar-refractivity contribution in [3.63, 3.8) is 0 Å². The van der Waals surface area contributed by atoms with Crippen LogP contribution in [-0.4, -0.2) is 11.3 Å². The Balaban J connectivity index is 0.984. The van der Waals surface area contributed by atoms with E-state index in [2.05, 4.69) is 365 Å². The second kappa shape index (κ2) is 21.7. The van der Waals surface area contributed by atoms with Crippen molar-refractivity contribution in [3.05, 3.63) is 346 Å². The molecule has 0 unspecified atom stereocenters. The summed E-state index contributed by atoms with van der Waals surface area (Å²) in [6.07, 6.45) is 0. The van der Waals surface area contributed by atoms with Gasteiger partial charge in [-0.25, -0.2) is 0 Å². The lowest BCUT2D eigenvalue weighted by Gasteiger charge is -2.45. The van der Waals surface area contributed by atoms with Gasteiger partial charge in [0.2, 0.25) is 0 Å². The van der Waals surface area contributed by atoms with Crippen molar-refractivity contribution >= 4 is 96.1 Å². The third-order valence-electron chi connectivity index (χ3n) is 18.2. The summed E-state index contributed by atoms with van der Waals surface area (Å²) in [7, 11) is 0. The Kier molecular flexibility index (Phi) is 12.6. The summed E-state index contributed by atoms with van der Waals surface area (Å²) in [6.45, 7) is -0.188. The second-order valence-corrected chi connectivity index (χ2v) is 23.2. The molecule has 0 saturated heterocycles. The molecular weight excluding hydrogens is 1080 g/mol. The van der Waals surface area contributed by atoms with E-state index in [1.807, 2.05) is 0 Å². The van der Waals surface area contributed by atoms with Gasteiger partial charge in [0.15, 0.2) is 0 Å². The molecule has 0 N–H and O–H groups in total. The Bertz CT molecular complexity index is 4970. The van der Waals surface area contributed by atoms with Gasteiger partial charge in [-0.3, -0.25) is 0 Å². The fourth-order valence-corrected chi connectivity index (χ4v) is 14.1. The minimum absolute atomic E-state index is 0.188. The summed E-state index contributed by atoms with van der Waals surface area (Å²) in [6, 6.07) is 127. The zero-order valence-corrected chi connectivity index (χ0v) is 48.8. The number of nitrogens with zero attached hydrogens (tertiary/aromatic N) is 4. The number of rotatable bonds is 11. The van der Waals surface area contributed by atoms with Crippen LogP contribution in [0.15, 0.2) is 346 Å². The molecule has 416 valence electrons. The Labute approximate surface area is 519 Å². The first-order valence-corrected chi connectivity index (χ1v) is 30.7. The summed E-state index contributed by atoms with van der Waals surface area (Å²) < 4.78 is 2.48. The molecule has 0 aliphatic carbocycles. The second-order valence-electron chi connectivity index (χ2n) is 23.2. The van der Waals surface area contributed by atoms with E-state index >= 15 is 0 Å². The van der Waals surface area contributed by atoms with E-state index in [0.29, 0.717) is 0 Å². The van der Waals surface area contributed by atoms with Gasteiger partial charge in [-0.1, -0.05) is 261 Å². The predicted molar refractivity (Wildman–Crippen MR) is 377 cm³/mol. The Morgan fingerprint density at radius 3 is 1.01 bits per heavy atom. The van der Waals surface area contributed by atoms with E-state index < -0.39 is 0 Å². The van der Waals surface area contributed by atoms with Crippen molar-refractivity contribution in [1.82, 2.24) is 4.57 Å².